The monoisotopic (exact) mass is 287 g/mol. The number of aliphatic hydroxyl groups excluding tert-OH is 1. The molecule has 1 aromatic heterocycles. The van der Waals surface area contributed by atoms with E-state index in [0.717, 1.165) is 41.5 Å². The Morgan fingerprint density at radius 3 is 2.95 bits per heavy atom. The average Bonchev–Trinajstić information content (AvgIpc) is 2.90. The number of fused-ring (bicyclic) bond motifs is 1. The van der Waals surface area contributed by atoms with E-state index in [0.29, 0.717) is 12.1 Å². The fraction of sp³-hybridized carbons (Fsp3) is 0.471. The number of aliphatic hydroxyl groups is 1. The standard InChI is InChI=1S/C17H21NO3/c1-11-5-6-15-13(8-16(20)21-17(15)12(11)2)9-18-7-3-4-14(18)10-19/h5-6,8,14,19H,3-4,7,9-10H2,1-2H3. The van der Waals surface area contributed by atoms with E-state index in [-0.39, 0.29) is 18.3 Å². The largest absolute Gasteiger partial charge is 0.422 e. The molecule has 1 aromatic carbocycles. The molecule has 4 nitrogen and oxygen atoms in total. The van der Waals surface area contributed by atoms with E-state index < -0.39 is 0 Å². The Hall–Kier alpha value is -1.65. The van der Waals surface area contributed by atoms with Crippen LogP contribution in [-0.4, -0.2) is 29.2 Å². The van der Waals surface area contributed by atoms with Gasteiger partial charge in [-0.05, 0) is 49.9 Å². The van der Waals surface area contributed by atoms with Crippen molar-refractivity contribution in [1.29, 1.82) is 0 Å². The van der Waals surface area contributed by atoms with Gasteiger partial charge in [0.25, 0.3) is 0 Å². The summed E-state index contributed by atoms with van der Waals surface area (Å²) in [4.78, 5) is 14.1. The quantitative estimate of drug-likeness (QED) is 0.881. The van der Waals surface area contributed by atoms with Crippen molar-refractivity contribution in [2.45, 2.75) is 39.3 Å². The van der Waals surface area contributed by atoms with Gasteiger partial charge in [0.2, 0.25) is 0 Å². The molecule has 1 unspecified atom stereocenters. The first kappa shape index (κ1) is 14.3. The number of hydrogen-bond acceptors (Lipinski definition) is 4. The SMILES string of the molecule is Cc1ccc2c(CN3CCCC3CO)cc(=O)oc2c1C. The van der Waals surface area contributed by atoms with Crippen LogP contribution in [0.1, 0.15) is 29.5 Å². The van der Waals surface area contributed by atoms with Crippen LogP contribution in [-0.2, 0) is 6.54 Å². The Bertz CT molecular complexity index is 720. The molecule has 3 rings (SSSR count). The molecule has 1 atom stereocenters. The van der Waals surface area contributed by atoms with E-state index in [9.17, 15) is 9.90 Å². The van der Waals surface area contributed by atoms with Gasteiger partial charge in [-0.2, -0.15) is 0 Å². The van der Waals surface area contributed by atoms with Crippen molar-refractivity contribution in [3.8, 4) is 0 Å². The summed E-state index contributed by atoms with van der Waals surface area (Å²) in [5.74, 6) is 0. The molecule has 0 aliphatic carbocycles. The molecule has 4 heteroatoms. The molecule has 2 aromatic rings. The minimum atomic E-state index is -0.300. The molecule has 2 heterocycles. The third kappa shape index (κ3) is 2.61. The summed E-state index contributed by atoms with van der Waals surface area (Å²) >= 11 is 0. The molecule has 0 bridgehead atoms. The fourth-order valence-electron chi connectivity index (χ4n) is 3.18. The molecule has 1 N–H and O–H groups in total. The molecule has 1 aliphatic heterocycles. The number of hydrogen-bond donors (Lipinski definition) is 1. The second kappa shape index (κ2) is 5.62. The van der Waals surface area contributed by atoms with E-state index in [1.807, 2.05) is 19.9 Å². The Morgan fingerprint density at radius 2 is 2.19 bits per heavy atom. The third-order valence-electron chi connectivity index (χ3n) is 4.60. The maximum absolute atomic E-state index is 11.9. The minimum absolute atomic E-state index is 0.178. The summed E-state index contributed by atoms with van der Waals surface area (Å²) in [6.07, 6.45) is 2.12. The number of likely N-dealkylation sites (tertiary alicyclic amines) is 1. The summed E-state index contributed by atoms with van der Waals surface area (Å²) in [5, 5.41) is 10.4. The summed E-state index contributed by atoms with van der Waals surface area (Å²) in [5.41, 5.74) is 3.52. The predicted octanol–water partition coefficient (Wildman–Crippen LogP) is 2.37. The maximum Gasteiger partial charge on any atom is 0.336 e. The highest BCUT2D eigenvalue weighted by Gasteiger charge is 2.24. The lowest BCUT2D eigenvalue weighted by molar-refractivity contribution is 0.154. The predicted molar refractivity (Wildman–Crippen MR) is 82.5 cm³/mol. The fourth-order valence-corrected chi connectivity index (χ4v) is 3.18. The number of rotatable bonds is 3. The zero-order chi connectivity index (χ0) is 15.0. The van der Waals surface area contributed by atoms with E-state index in [4.69, 9.17) is 4.42 Å². The van der Waals surface area contributed by atoms with Gasteiger partial charge in [0.05, 0.1) is 6.61 Å². The van der Waals surface area contributed by atoms with Gasteiger partial charge in [0.1, 0.15) is 5.58 Å². The Kier molecular flexibility index (Phi) is 3.83. The Labute approximate surface area is 124 Å². The smallest absolute Gasteiger partial charge is 0.336 e. The second-order valence-corrected chi connectivity index (χ2v) is 5.92. The third-order valence-corrected chi connectivity index (χ3v) is 4.60. The number of aryl methyl sites for hydroxylation is 2. The van der Waals surface area contributed by atoms with Crippen molar-refractivity contribution < 1.29 is 9.52 Å². The van der Waals surface area contributed by atoms with E-state index in [2.05, 4.69) is 11.0 Å². The average molecular weight is 287 g/mol. The minimum Gasteiger partial charge on any atom is -0.422 e. The van der Waals surface area contributed by atoms with Gasteiger partial charge in [-0.25, -0.2) is 4.79 Å². The van der Waals surface area contributed by atoms with Crippen LogP contribution in [0.2, 0.25) is 0 Å². The molecule has 0 saturated carbocycles. The lowest BCUT2D eigenvalue weighted by Gasteiger charge is -2.23. The first-order valence-corrected chi connectivity index (χ1v) is 7.48. The van der Waals surface area contributed by atoms with Gasteiger partial charge in [0, 0.05) is 24.0 Å². The molecular formula is C17H21NO3. The van der Waals surface area contributed by atoms with Gasteiger partial charge in [-0.15, -0.1) is 0 Å². The molecule has 1 saturated heterocycles. The number of benzene rings is 1. The normalized spacial score (nSPS) is 19.5. The second-order valence-electron chi connectivity index (χ2n) is 5.92. The van der Waals surface area contributed by atoms with Crippen LogP contribution in [0.25, 0.3) is 11.0 Å². The lowest BCUT2D eigenvalue weighted by Crippen LogP contribution is -2.31. The molecular weight excluding hydrogens is 266 g/mol. The molecule has 112 valence electrons. The summed E-state index contributed by atoms with van der Waals surface area (Å²) in [6.45, 7) is 5.84. The highest BCUT2D eigenvalue weighted by molar-refractivity contribution is 5.83. The molecule has 1 aliphatic rings. The number of nitrogens with zero attached hydrogens (tertiary/aromatic N) is 1. The van der Waals surface area contributed by atoms with Crippen LogP contribution in [0.15, 0.2) is 27.4 Å². The van der Waals surface area contributed by atoms with Gasteiger partial charge in [-0.1, -0.05) is 12.1 Å². The van der Waals surface area contributed by atoms with Gasteiger partial charge < -0.3 is 9.52 Å². The van der Waals surface area contributed by atoms with Crippen molar-refractivity contribution in [2.24, 2.45) is 0 Å². The van der Waals surface area contributed by atoms with Crippen molar-refractivity contribution in [1.82, 2.24) is 4.90 Å². The van der Waals surface area contributed by atoms with E-state index >= 15 is 0 Å². The highest BCUT2D eigenvalue weighted by Crippen LogP contribution is 2.26. The van der Waals surface area contributed by atoms with Crippen LogP contribution in [0.5, 0.6) is 0 Å². The van der Waals surface area contributed by atoms with Crippen molar-refractivity contribution in [3.63, 3.8) is 0 Å². The topological polar surface area (TPSA) is 53.7 Å². The van der Waals surface area contributed by atoms with Crippen molar-refractivity contribution >= 4 is 11.0 Å². The van der Waals surface area contributed by atoms with Crippen LogP contribution in [0.4, 0.5) is 0 Å². The zero-order valence-electron chi connectivity index (χ0n) is 12.6. The van der Waals surface area contributed by atoms with Crippen molar-refractivity contribution in [2.75, 3.05) is 13.2 Å². The van der Waals surface area contributed by atoms with Gasteiger partial charge in [-0.3, -0.25) is 4.90 Å². The molecule has 0 radical (unpaired) electrons. The van der Waals surface area contributed by atoms with Crippen LogP contribution < -0.4 is 5.63 Å². The van der Waals surface area contributed by atoms with Crippen molar-refractivity contribution in [3.05, 3.63) is 45.3 Å². The maximum atomic E-state index is 11.9. The highest BCUT2D eigenvalue weighted by atomic mass is 16.4. The first-order chi connectivity index (χ1) is 10.1. The van der Waals surface area contributed by atoms with E-state index in [1.165, 1.54) is 0 Å². The Balaban J connectivity index is 2.06. The molecule has 0 spiro atoms. The van der Waals surface area contributed by atoms with E-state index in [1.54, 1.807) is 6.07 Å². The van der Waals surface area contributed by atoms with Gasteiger partial charge in [0.15, 0.2) is 0 Å². The van der Waals surface area contributed by atoms with Gasteiger partial charge >= 0.3 is 5.63 Å². The Morgan fingerprint density at radius 1 is 1.38 bits per heavy atom. The summed E-state index contributed by atoms with van der Waals surface area (Å²) in [7, 11) is 0. The van der Waals surface area contributed by atoms with Crippen LogP contribution in [0, 0.1) is 13.8 Å². The first-order valence-electron chi connectivity index (χ1n) is 7.48. The summed E-state index contributed by atoms with van der Waals surface area (Å²) in [6, 6.07) is 5.89. The van der Waals surface area contributed by atoms with Crippen LogP contribution in [0.3, 0.4) is 0 Å². The lowest BCUT2D eigenvalue weighted by atomic mass is 10.0. The zero-order valence-corrected chi connectivity index (χ0v) is 12.6. The van der Waals surface area contributed by atoms with Crippen LogP contribution >= 0.6 is 0 Å². The molecule has 1 fully saturated rings. The molecule has 0 amide bonds. The molecule has 21 heavy (non-hydrogen) atoms. The summed E-state index contributed by atoms with van der Waals surface area (Å²) < 4.78 is 5.41.